The van der Waals surface area contributed by atoms with Gasteiger partial charge in [-0.25, -0.2) is 9.97 Å². The molecule has 2 aromatic heterocycles. The molecule has 0 aliphatic carbocycles. The number of nitrogens with zero attached hydrogens (tertiary/aromatic N) is 4. The summed E-state index contributed by atoms with van der Waals surface area (Å²) in [6.07, 6.45) is 4.42. The lowest BCUT2D eigenvalue weighted by molar-refractivity contribution is 0.405. The first-order valence-corrected chi connectivity index (χ1v) is 5.72. The van der Waals surface area contributed by atoms with E-state index in [0.717, 1.165) is 30.8 Å². The fourth-order valence-corrected chi connectivity index (χ4v) is 1.56. The lowest BCUT2D eigenvalue weighted by Gasteiger charge is -2.10. The maximum absolute atomic E-state index is 4.39. The van der Waals surface area contributed by atoms with Gasteiger partial charge in [0.05, 0.1) is 0 Å². The predicted octanol–water partition coefficient (Wildman–Crippen LogP) is 1.39. The summed E-state index contributed by atoms with van der Waals surface area (Å²) in [4.78, 5) is 14.9. The zero-order valence-corrected chi connectivity index (χ0v) is 10.2. The zero-order valence-electron chi connectivity index (χ0n) is 10.2. The lowest BCUT2D eigenvalue weighted by Crippen LogP contribution is -2.16. The second kappa shape index (κ2) is 5.54. The van der Waals surface area contributed by atoms with Crippen LogP contribution in [0.1, 0.15) is 6.42 Å². The molecule has 0 saturated carbocycles. The Labute approximate surface area is 101 Å². The minimum Gasteiger partial charge on any atom is -0.370 e. The van der Waals surface area contributed by atoms with Crippen LogP contribution in [0.2, 0.25) is 0 Å². The van der Waals surface area contributed by atoms with Crippen LogP contribution in [0.25, 0.3) is 11.2 Å². The van der Waals surface area contributed by atoms with E-state index >= 15 is 0 Å². The summed E-state index contributed by atoms with van der Waals surface area (Å²) < 4.78 is 0. The molecule has 0 atom stereocenters. The van der Waals surface area contributed by atoms with Gasteiger partial charge >= 0.3 is 0 Å². The molecular formula is C12H17N5. The number of fused-ring (bicyclic) bond motifs is 1. The molecule has 0 bridgehead atoms. The number of hydrogen-bond donors (Lipinski definition) is 1. The van der Waals surface area contributed by atoms with Crippen LogP contribution in [0.4, 0.5) is 5.82 Å². The molecule has 2 rings (SSSR count). The average Bonchev–Trinajstić information content (AvgIpc) is 2.34. The average molecular weight is 231 g/mol. The highest BCUT2D eigenvalue weighted by Crippen LogP contribution is 2.09. The summed E-state index contributed by atoms with van der Waals surface area (Å²) in [5.41, 5.74) is 1.51. The van der Waals surface area contributed by atoms with E-state index in [4.69, 9.17) is 0 Å². The molecule has 1 N–H and O–H groups in total. The van der Waals surface area contributed by atoms with Gasteiger partial charge in [-0.2, -0.15) is 0 Å². The van der Waals surface area contributed by atoms with Gasteiger partial charge < -0.3 is 10.2 Å². The molecule has 0 aliphatic heterocycles. The predicted molar refractivity (Wildman–Crippen MR) is 69.0 cm³/mol. The molecule has 0 saturated heterocycles. The Morgan fingerprint density at radius 2 is 2.00 bits per heavy atom. The largest absolute Gasteiger partial charge is 0.370 e. The number of rotatable bonds is 5. The molecular weight excluding hydrogens is 214 g/mol. The van der Waals surface area contributed by atoms with Crippen molar-refractivity contribution in [2.24, 2.45) is 0 Å². The molecule has 0 aliphatic rings. The molecule has 5 heteroatoms. The van der Waals surface area contributed by atoms with Crippen LogP contribution in [0.3, 0.4) is 0 Å². The number of hydrogen-bond acceptors (Lipinski definition) is 5. The van der Waals surface area contributed by atoms with Crippen molar-refractivity contribution in [2.45, 2.75) is 6.42 Å². The summed E-state index contributed by atoms with van der Waals surface area (Å²) in [6, 6.07) is 3.87. The fourth-order valence-electron chi connectivity index (χ4n) is 1.56. The Hall–Kier alpha value is -1.75. The van der Waals surface area contributed by atoms with E-state index in [9.17, 15) is 0 Å². The highest BCUT2D eigenvalue weighted by molar-refractivity contribution is 5.71. The first-order valence-electron chi connectivity index (χ1n) is 5.72. The molecule has 17 heavy (non-hydrogen) atoms. The number of nitrogens with one attached hydrogen (secondary N) is 1. The van der Waals surface area contributed by atoms with Crippen LogP contribution in [-0.2, 0) is 0 Å². The molecule has 90 valence electrons. The maximum atomic E-state index is 4.39. The number of anilines is 1. The smallest absolute Gasteiger partial charge is 0.180 e. The Morgan fingerprint density at radius 3 is 2.82 bits per heavy atom. The van der Waals surface area contributed by atoms with Gasteiger partial charge in [0.15, 0.2) is 5.65 Å². The summed E-state index contributed by atoms with van der Waals surface area (Å²) in [6.45, 7) is 1.98. The van der Waals surface area contributed by atoms with Crippen molar-refractivity contribution < 1.29 is 0 Å². The first-order chi connectivity index (χ1) is 8.25. The van der Waals surface area contributed by atoms with Crippen molar-refractivity contribution in [3.8, 4) is 0 Å². The molecule has 0 radical (unpaired) electrons. The van der Waals surface area contributed by atoms with E-state index in [2.05, 4.69) is 39.3 Å². The third-order valence-corrected chi connectivity index (χ3v) is 2.42. The molecule has 0 fully saturated rings. The third-order valence-electron chi connectivity index (χ3n) is 2.42. The molecule has 5 nitrogen and oxygen atoms in total. The lowest BCUT2D eigenvalue weighted by atomic mass is 10.3. The van der Waals surface area contributed by atoms with E-state index in [1.165, 1.54) is 0 Å². The van der Waals surface area contributed by atoms with Crippen LogP contribution in [0, 0.1) is 0 Å². The van der Waals surface area contributed by atoms with Gasteiger partial charge in [0.1, 0.15) is 11.3 Å². The molecule has 0 spiro atoms. The van der Waals surface area contributed by atoms with Crippen LogP contribution < -0.4 is 5.32 Å². The molecule has 0 aromatic carbocycles. The second-order valence-corrected chi connectivity index (χ2v) is 4.18. The third kappa shape index (κ3) is 3.35. The van der Waals surface area contributed by atoms with E-state index in [-0.39, 0.29) is 0 Å². The van der Waals surface area contributed by atoms with Gasteiger partial charge in [0, 0.05) is 18.9 Å². The highest BCUT2D eigenvalue weighted by atomic mass is 15.1. The van der Waals surface area contributed by atoms with Crippen molar-refractivity contribution >= 4 is 17.0 Å². The van der Waals surface area contributed by atoms with Crippen LogP contribution >= 0.6 is 0 Å². The quantitative estimate of drug-likeness (QED) is 0.788. The van der Waals surface area contributed by atoms with E-state index in [1.807, 2.05) is 12.1 Å². The fraction of sp³-hybridized carbons (Fsp3) is 0.417. The van der Waals surface area contributed by atoms with Crippen LogP contribution in [0.5, 0.6) is 0 Å². The highest BCUT2D eigenvalue weighted by Gasteiger charge is 1.99. The second-order valence-electron chi connectivity index (χ2n) is 4.18. The normalized spacial score (nSPS) is 11.0. The molecule has 0 amide bonds. The maximum Gasteiger partial charge on any atom is 0.180 e. The van der Waals surface area contributed by atoms with Crippen molar-refractivity contribution in [3.05, 3.63) is 24.5 Å². The van der Waals surface area contributed by atoms with Crippen LogP contribution in [0.15, 0.2) is 24.5 Å². The van der Waals surface area contributed by atoms with Crippen molar-refractivity contribution in [2.75, 3.05) is 32.5 Å². The zero-order chi connectivity index (χ0) is 12.1. The summed E-state index contributed by atoms with van der Waals surface area (Å²) in [5, 5.41) is 3.29. The first kappa shape index (κ1) is 11.7. The Kier molecular flexibility index (Phi) is 3.82. The van der Waals surface area contributed by atoms with Gasteiger partial charge in [-0.1, -0.05) is 0 Å². The molecule has 2 aromatic rings. The Morgan fingerprint density at radius 1 is 1.18 bits per heavy atom. The van der Waals surface area contributed by atoms with E-state index < -0.39 is 0 Å². The molecule has 2 heterocycles. The number of aromatic nitrogens is 3. The van der Waals surface area contributed by atoms with Crippen LogP contribution in [-0.4, -0.2) is 47.0 Å². The summed E-state index contributed by atoms with van der Waals surface area (Å²) in [5.74, 6) is 0.858. The molecule has 0 unspecified atom stereocenters. The Bertz CT molecular complexity index is 483. The minimum absolute atomic E-state index is 0.685. The summed E-state index contributed by atoms with van der Waals surface area (Å²) in [7, 11) is 4.15. The van der Waals surface area contributed by atoms with Gasteiger partial charge in [0.25, 0.3) is 0 Å². The summed E-state index contributed by atoms with van der Waals surface area (Å²) >= 11 is 0. The monoisotopic (exact) mass is 231 g/mol. The van der Waals surface area contributed by atoms with Gasteiger partial charge in [-0.15, -0.1) is 0 Å². The van der Waals surface area contributed by atoms with Crippen molar-refractivity contribution in [1.29, 1.82) is 0 Å². The SMILES string of the molecule is CN(C)CCCNc1ccc2nccnc2n1. The van der Waals surface area contributed by atoms with E-state index in [1.54, 1.807) is 12.4 Å². The van der Waals surface area contributed by atoms with E-state index in [0.29, 0.717) is 5.65 Å². The van der Waals surface area contributed by atoms with Crippen molar-refractivity contribution in [1.82, 2.24) is 19.9 Å². The standard InChI is InChI=1S/C12H17N5/c1-17(2)9-3-6-14-11-5-4-10-12(16-11)15-8-7-13-10/h4-5,7-8H,3,6,9H2,1-2H3,(H,14,15,16). The Balaban J connectivity index is 1.95. The van der Waals surface area contributed by atoms with Gasteiger partial charge in [-0.05, 0) is 39.2 Å². The van der Waals surface area contributed by atoms with Gasteiger partial charge in [0.2, 0.25) is 0 Å². The topological polar surface area (TPSA) is 53.9 Å². The van der Waals surface area contributed by atoms with Gasteiger partial charge in [-0.3, -0.25) is 4.98 Å². The minimum atomic E-state index is 0.685. The number of pyridine rings is 1. The van der Waals surface area contributed by atoms with Crippen molar-refractivity contribution in [3.63, 3.8) is 0 Å².